The predicted molar refractivity (Wildman–Crippen MR) is 91.9 cm³/mol. The lowest BCUT2D eigenvalue weighted by Gasteiger charge is -2.65. The van der Waals surface area contributed by atoms with Crippen molar-refractivity contribution in [3.63, 3.8) is 0 Å². The molecule has 0 radical (unpaired) electrons. The number of carbonyl (C=O) groups excluding carboxylic acids is 1. The van der Waals surface area contributed by atoms with Gasteiger partial charge in [0.1, 0.15) is 5.54 Å². The first-order chi connectivity index (χ1) is 10.9. The third kappa shape index (κ3) is 2.72. The molecule has 0 aromatic carbocycles. The van der Waals surface area contributed by atoms with E-state index in [9.17, 15) is 4.79 Å². The van der Waals surface area contributed by atoms with E-state index in [2.05, 4.69) is 26.1 Å². The highest BCUT2D eigenvalue weighted by atomic mass is 16.5. The van der Waals surface area contributed by atoms with Crippen molar-refractivity contribution in [3.8, 4) is 0 Å². The van der Waals surface area contributed by atoms with Crippen LogP contribution < -0.4 is 11.1 Å². The van der Waals surface area contributed by atoms with Crippen molar-refractivity contribution >= 4 is 5.91 Å². The van der Waals surface area contributed by atoms with E-state index in [1.807, 2.05) is 0 Å². The molecular formula is C19H34N2O2. The fourth-order valence-electron chi connectivity index (χ4n) is 5.26. The van der Waals surface area contributed by atoms with Gasteiger partial charge in [-0.2, -0.15) is 0 Å². The lowest BCUT2D eigenvalue weighted by atomic mass is 9.46. The standard InChI is InChI=1S/C19H34N2O2/c1-4-13-7-9-14(10-8-13)12-21-17(22)19(20)15-6-5-11-23-16(15)18(19,2)3/h13-16H,4-12,20H2,1-3H3,(H,21,22). The van der Waals surface area contributed by atoms with E-state index < -0.39 is 5.54 Å². The Morgan fingerprint density at radius 2 is 1.83 bits per heavy atom. The molecule has 3 unspecified atom stereocenters. The summed E-state index contributed by atoms with van der Waals surface area (Å²) < 4.78 is 5.90. The minimum atomic E-state index is -0.765. The number of hydrogen-bond donors (Lipinski definition) is 2. The smallest absolute Gasteiger partial charge is 0.241 e. The molecular weight excluding hydrogens is 288 g/mol. The van der Waals surface area contributed by atoms with E-state index in [4.69, 9.17) is 10.5 Å². The molecule has 132 valence electrons. The third-order valence-corrected chi connectivity index (χ3v) is 7.16. The topological polar surface area (TPSA) is 64.4 Å². The number of nitrogens with two attached hydrogens (primary N) is 1. The fourth-order valence-corrected chi connectivity index (χ4v) is 5.26. The van der Waals surface area contributed by atoms with Gasteiger partial charge in [0.05, 0.1) is 6.10 Å². The Hall–Kier alpha value is -0.610. The molecule has 2 saturated carbocycles. The highest BCUT2D eigenvalue weighted by Gasteiger charge is 2.70. The lowest BCUT2D eigenvalue weighted by Crippen LogP contribution is -2.82. The molecule has 23 heavy (non-hydrogen) atoms. The van der Waals surface area contributed by atoms with Gasteiger partial charge in [-0.05, 0) is 37.5 Å². The molecule has 2 aliphatic carbocycles. The molecule has 0 bridgehead atoms. The number of hydrogen-bond acceptors (Lipinski definition) is 3. The zero-order valence-electron chi connectivity index (χ0n) is 15.1. The van der Waals surface area contributed by atoms with Gasteiger partial charge < -0.3 is 15.8 Å². The van der Waals surface area contributed by atoms with Crippen molar-refractivity contribution in [2.75, 3.05) is 13.2 Å². The second-order valence-electron chi connectivity index (χ2n) is 8.64. The molecule has 3 N–H and O–H groups in total. The minimum Gasteiger partial charge on any atom is -0.377 e. The average Bonchev–Trinajstić information content (AvgIpc) is 2.59. The Labute approximate surface area is 140 Å². The number of amides is 1. The van der Waals surface area contributed by atoms with Crippen LogP contribution in [0.3, 0.4) is 0 Å². The average molecular weight is 322 g/mol. The Morgan fingerprint density at radius 3 is 2.48 bits per heavy atom. The largest absolute Gasteiger partial charge is 0.377 e. The molecule has 4 heteroatoms. The van der Waals surface area contributed by atoms with Crippen LogP contribution in [-0.4, -0.2) is 30.7 Å². The predicted octanol–water partition coefficient (Wildman–Crippen LogP) is 2.85. The summed E-state index contributed by atoms with van der Waals surface area (Å²) >= 11 is 0. The van der Waals surface area contributed by atoms with Gasteiger partial charge in [-0.1, -0.05) is 40.0 Å². The SMILES string of the molecule is CCC1CCC(CNC(=O)C2(N)C3CCCOC3C2(C)C)CC1. The fraction of sp³-hybridized carbons (Fsp3) is 0.947. The normalized spacial score (nSPS) is 42.4. The highest BCUT2D eigenvalue weighted by molar-refractivity contribution is 5.89. The highest BCUT2D eigenvalue weighted by Crippen LogP contribution is 2.57. The minimum absolute atomic E-state index is 0.0480. The van der Waals surface area contributed by atoms with Gasteiger partial charge >= 0.3 is 0 Å². The van der Waals surface area contributed by atoms with Gasteiger partial charge in [0, 0.05) is 24.5 Å². The van der Waals surface area contributed by atoms with Crippen LogP contribution in [0, 0.1) is 23.2 Å². The van der Waals surface area contributed by atoms with Crippen LogP contribution in [-0.2, 0) is 9.53 Å². The van der Waals surface area contributed by atoms with Crippen molar-refractivity contribution in [2.45, 2.75) is 77.4 Å². The van der Waals surface area contributed by atoms with Crippen LogP contribution in [0.15, 0.2) is 0 Å². The van der Waals surface area contributed by atoms with Gasteiger partial charge in [0.15, 0.2) is 0 Å². The number of rotatable bonds is 4. The number of carbonyl (C=O) groups is 1. The van der Waals surface area contributed by atoms with E-state index >= 15 is 0 Å². The van der Waals surface area contributed by atoms with E-state index in [1.54, 1.807) is 0 Å². The quantitative estimate of drug-likeness (QED) is 0.836. The van der Waals surface area contributed by atoms with Crippen molar-refractivity contribution < 1.29 is 9.53 Å². The van der Waals surface area contributed by atoms with E-state index in [1.165, 1.54) is 32.1 Å². The zero-order valence-corrected chi connectivity index (χ0v) is 15.1. The Kier molecular flexibility index (Phi) is 4.76. The molecule has 0 spiro atoms. The molecule has 3 atom stereocenters. The molecule has 0 aromatic rings. The Bertz CT molecular complexity index is 443. The maximum Gasteiger partial charge on any atom is 0.241 e. The van der Waals surface area contributed by atoms with Crippen LogP contribution in [0.4, 0.5) is 0 Å². The van der Waals surface area contributed by atoms with Crippen LogP contribution in [0.1, 0.15) is 65.7 Å². The Balaban J connectivity index is 1.55. The monoisotopic (exact) mass is 322 g/mol. The summed E-state index contributed by atoms with van der Waals surface area (Å²) in [4.78, 5) is 12.9. The summed E-state index contributed by atoms with van der Waals surface area (Å²) in [5.74, 6) is 1.76. The number of fused-ring (bicyclic) bond motifs is 1. The molecule has 1 saturated heterocycles. The summed E-state index contributed by atoms with van der Waals surface area (Å²) in [6, 6.07) is 0. The molecule has 3 aliphatic rings. The zero-order chi connectivity index (χ0) is 16.7. The third-order valence-electron chi connectivity index (χ3n) is 7.16. The van der Waals surface area contributed by atoms with Crippen molar-refractivity contribution in [1.29, 1.82) is 0 Å². The molecule has 1 heterocycles. The molecule has 1 amide bonds. The van der Waals surface area contributed by atoms with Gasteiger partial charge in [-0.25, -0.2) is 0 Å². The first-order valence-electron chi connectivity index (χ1n) is 9.60. The van der Waals surface area contributed by atoms with Crippen LogP contribution in [0.5, 0.6) is 0 Å². The van der Waals surface area contributed by atoms with E-state index in [0.29, 0.717) is 5.92 Å². The van der Waals surface area contributed by atoms with Crippen molar-refractivity contribution in [1.82, 2.24) is 5.32 Å². The Morgan fingerprint density at radius 1 is 1.17 bits per heavy atom. The summed E-state index contributed by atoms with van der Waals surface area (Å²) in [5, 5.41) is 3.20. The summed E-state index contributed by atoms with van der Waals surface area (Å²) in [6.45, 7) is 8.06. The second-order valence-corrected chi connectivity index (χ2v) is 8.64. The molecule has 1 aliphatic heterocycles. The summed E-state index contributed by atoms with van der Waals surface area (Å²) in [6.07, 6.45) is 8.59. The van der Waals surface area contributed by atoms with Gasteiger partial charge in [0.2, 0.25) is 5.91 Å². The molecule has 4 nitrogen and oxygen atoms in total. The first-order valence-corrected chi connectivity index (χ1v) is 9.60. The van der Waals surface area contributed by atoms with Crippen molar-refractivity contribution in [3.05, 3.63) is 0 Å². The van der Waals surface area contributed by atoms with Gasteiger partial charge in [-0.15, -0.1) is 0 Å². The maximum atomic E-state index is 12.9. The van der Waals surface area contributed by atoms with Crippen LogP contribution >= 0.6 is 0 Å². The first kappa shape index (κ1) is 17.2. The molecule has 3 fully saturated rings. The number of ether oxygens (including phenoxy) is 1. The van der Waals surface area contributed by atoms with Crippen LogP contribution in [0.25, 0.3) is 0 Å². The van der Waals surface area contributed by atoms with Crippen LogP contribution in [0.2, 0.25) is 0 Å². The second kappa shape index (κ2) is 6.36. The number of nitrogens with one attached hydrogen (secondary N) is 1. The maximum absolute atomic E-state index is 12.9. The van der Waals surface area contributed by atoms with E-state index in [-0.39, 0.29) is 23.3 Å². The summed E-state index contributed by atoms with van der Waals surface area (Å²) in [5.41, 5.74) is 5.60. The lowest BCUT2D eigenvalue weighted by molar-refractivity contribution is -0.225. The molecule has 3 rings (SSSR count). The van der Waals surface area contributed by atoms with Gasteiger partial charge in [0.25, 0.3) is 0 Å². The molecule has 0 aromatic heterocycles. The van der Waals surface area contributed by atoms with Gasteiger partial charge in [-0.3, -0.25) is 4.79 Å². The van der Waals surface area contributed by atoms with E-state index in [0.717, 1.165) is 31.9 Å². The summed E-state index contributed by atoms with van der Waals surface area (Å²) in [7, 11) is 0. The van der Waals surface area contributed by atoms with Crippen molar-refractivity contribution in [2.24, 2.45) is 28.9 Å².